The Bertz CT molecular complexity index is 845. The number of anilines is 1. The van der Waals surface area contributed by atoms with Crippen LogP contribution in [0.4, 0.5) is 5.69 Å². The van der Waals surface area contributed by atoms with Gasteiger partial charge in [0, 0.05) is 29.3 Å². The van der Waals surface area contributed by atoms with Gasteiger partial charge in [-0.3, -0.25) is 9.59 Å². The lowest BCUT2D eigenvalue weighted by Crippen LogP contribution is -2.25. The second-order valence-electron chi connectivity index (χ2n) is 6.49. The first-order chi connectivity index (χ1) is 12.7. The number of benzene rings is 2. The van der Waals surface area contributed by atoms with Gasteiger partial charge in [0.2, 0.25) is 0 Å². The molecule has 0 radical (unpaired) electrons. The third-order valence-electron chi connectivity index (χ3n) is 4.30. The van der Waals surface area contributed by atoms with Crippen molar-refractivity contribution in [1.29, 1.82) is 0 Å². The van der Waals surface area contributed by atoms with Gasteiger partial charge in [-0.15, -0.1) is 0 Å². The van der Waals surface area contributed by atoms with Crippen LogP contribution in [0.5, 0.6) is 11.5 Å². The zero-order chi connectivity index (χ0) is 17.9. The van der Waals surface area contributed by atoms with Crippen LogP contribution in [-0.4, -0.2) is 31.1 Å². The van der Waals surface area contributed by atoms with Crippen molar-refractivity contribution >= 4 is 17.5 Å². The van der Waals surface area contributed by atoms with E-state index in [0.29, 0.717) is 47.6 Å². The molecule has 1 saturated carbocycles. The van der Waals surface area contributed by atoms with Crippen LogP contribution >= 0.6 is 0 Å². The monoisotopic (exact) mass is 352 g/mol. The molecule has 134 valence electrons. The Balaban J connectivity index is 1.47. The van der Waals surface area contributed by atoms with E-state index in [2.05, 4.69) is 10.6 Å². The summed E-state index contributed by atoms with van der Waals surface area (Å²) >= 11 is 0. The van der Waals surface area contributed by atoms with Gasteiger partial charge in [0.25, 0.3) is 11.8 Å². The highest BCUT2D eigenvalue weighted by Gasteiger charge is 2.24. The molecule has 1 fully saturated rings. The molecule has 0 aromatic heterocycles. The lowest BCUT2D eigenvalue weighted by atomic mass is 10.1. The maximum atomic E-state index is 12.5. The van der Waals surface area contributed by atoms with Crippen molar-refractivity contribution in [2.45, 2.75) is 25.3 Å². The van der Waals surface area contributed by atoms with Crippen LogP contribution in [-0.2, 0) is 0 Å². The van der Waals surface area contributed by atoms with Gasteiger partial charge in [-0.2, -0.15) is 0 Å². The highest BCUT2D eigenvalue weighted by molar-refractivity contribution is 6.05. The molecule has 6 heteroatoms. The predicted octanol–water partition coefficient (Wildman–Crippen LogP) is 2.99. The second kappa shape index (κ2) is 7.07. The molecule has 6 nitrogen and oxygen atoms in total. The van der Waals surface area contributed by atoms with Crippen molar-refractivity contribution in [3.05, 3.63) is 53.6 Å². The van der Waals surface area contributed by atoms with Crippen LogP contribution in [0.15, 0.2) is 42.5 Å². The minimum atomic E-state index is -0.264. The van der Waals surface area contributed by atoms with Crippen LogP contribution in [0.2, 0.25) is 0 Å². The summed E-state index contributed by atoms with van der Waals surface area (Å²) in [5.41, 5.74) is 1.58. The molecule has 2 N–H and O–H groups in total. The van der Waals surface area contributed by atoms with Crippen LogP contribution in [0.1, 0.15) is 40.0 Å². The molecule has 1 heterocycles. The number of ether oxygens (including phenoxy) is 2. The van der Waals surface area contributed by atoms with Crippen LogP contribution < -0.4 is 20.1 Å². The summed E-state index contributed by atoms with van der Waals surface area (Å²) in [5.74, 6) is 0.852. The first-order valence-corrected chi connectivity index (χ1v) is 8.81. The van der Waals surface area contributed by atoms with Crippen molar-refractivity contribution in [2.24, 2.45) is 0 Å². The summed E-state index contributed by atoms with van der Waals surface area (Å²) in [6, 6.07) is 12.4. The molecule has 0 atom stereocenters. The van der Waals surface area contributed by atoms with Gasteiger partial charge >= 0.3 is 0 Å². The fraction of sp³-hybridized carbons (Fsp3) is 0.300. The third kappa shape index (κ3) is 3.79. The third-order valence-corrected chi connectivity index (χ3v) is 4.30. The maximum Gasteiger partial charge on any atom is 0.255 e. The van der Waals surface area contributed by atoms with Crippen molar-refractivity contribution in [1.82, 2.24) is 5.32 Å². The zero-order valence-corrected chi connectivity index (χ0v) is 14.3. The molecular formula is C20H20N2O4. The minimum Gasteiger partial charge on any atom is -0.490 e. The Morgan fingerprint density at radius 2 is 1.65 bits per heavy atom. The van der Waals surface area contributed by atoms with E-state index in [-0.39, 0.29) is 11.8 Å². The average molecular weight is 352 g/mol. The number of fused-ring (bicyclic) bond motifs is 1. The molecule has 2 amide bonds. The fourth-order valence-corrected chi connectivity index (χ4v) is 2.74. The van der Waals surface area contributed by atoms with E-state index >= 15 is 0 Å². The van der Waals surface area contributed by atoms with Crippen LogP contribution in [0.3, 0.4) is 0 Å². The fourth-order valence-electron chi connectivity index (χ4n) is 2.74. The highest BCUT2D eigenvalue weighted by atomic mass is 16.5. The van der Waals surface area contributed by atoms with Gasteiger partial charge in [0.15, 0.2) is 11.5 Å². The topological polar surface area (TPSA) is 76.7 Å². The molecule has 0 unspecified atom stereocenters. The largest absolute Gasteiger partial charge is 0.490 e. The lowest BCUT2D eigenvalue weighted by Gasteiger charge is -2.10. The molecule has 0 spiro atoms. The smallest absolute Gasteiger partial charge is 0.255 e. The predicted molar refractivity (Wildman–Crippen MR) is 96.9 cm³/mol. The van der Waals surface area contributed by atoms with Gasteiger partial charge in [-0.1, -0.05) is 6.07 Å². The number of hydrogen-bond donors (Lipinski definition) is 2. The summed E-state index contributed by atoms with van der Waals surface area (Å²) in [7, 11) is 0. The zero-order valence-electron chi connectivity index (χ0n) is 14.3. The second-order valence-corrected chi connectivity index (χ2v) is 6.49. The molecule has 2 aliphatic rings. The molecule has 4 rings (SSSR count). The summed E-state index contributed by atoms with van der Waals surface area (Å²) in [5, 5.41) is 5.77. The lowest BCUT2D eigenvalue weighted by molar-refractivity contribution is 0.0949. The summed E-state index contributed by atoms with van der Waals surface area (Å²) < 4.78 is 11.2. The number of carbonyl (C=O) groups is 2. The van der Waals surface area contributed by atoms with E-state index in [0.717, 1.165) is 19.3 Å². The van der Waals surface area contributed by atoms with Gasteiger partial charge in [0.1, 0.15) is 0 Å². The highest BCUT2D eigenvalue weighted by Crippen LogP contribution is 2.30. The van der Waals surface area contributed by atoms with E-state index in [1.54, 1.807) is 42.5 Å². The Morgan fingerprint density at radius 3 is 2.46 bits per heavy atom. The first kappa shape index (κ1) is 16.4. The summed E-state index contributed by atoms with van der Waals surface area (Å²) in [4.78, 5) is 24.7. The Hall–Kier alpha value is -3.02. The Kier molecular flexibility index (Phi) is 4.48. The molecule has 2 aromatic carbocycles. The van der Waals surface area contributed by atoms with E-state index < -0.39 is 0 Å². The molecule has 0 bridgehead atoms. The van der Waals surface area contributed by atoms with E-state index in [9.17, 15) is 9.59 Å². The van der Waals surface area contributed by atoms with E-state index in [1.165, 1.54) is 0 Å². The quantitative estimate of drug-likeness (QED) is 0.887. The SMILES string of the molecule is O=C(Nc1cccc(C(=O)NC2CC2)c1)c1ccc2c(c1)OCCCO2. The number of carbonyl (C=O) groups excluding carboxylic acids is 2. The van der Waals surface area contributed by atoms with Crippen molar-refractivity contribution < 1.29 is 19.1 Å². The number of nitrogens with one attached hydrogen (secondary N) is 2. The molecule has 2 aromatic rings. The van der Waals surface area contributed by atoms with Gasteiger partial charge in [-0.25, -0.2) is 0 Å². The number of rotatable bonds is 4. The normalized spacial score (nSPS) is 15.7. The molecule has 1 aliphatic carbocycles. The maximum absolute atomic E-state index is 12.5. The van der Waals surface area contributed by atoms with Crippen molar-refractivity contribution in [3.8, 4) is 11.5 Å². The molecule has 26 heavy (non-hydrogen) atoms. The average Bonchev–Trinajstić information content (AvgIpc) is 3.48. The first-order valence-electron chi connectivity index (χ1n) is 8.81. The Morgan fingerprint density at radius 1 is 0.885 bits per heavy atom. The number of amides is 2. The molecule has 0 saturated heterocycles. The summed E-state index contributed by atoms with van der Waals surface area (Å²) in [6.45, 7) is 1.17. The number of hydrogen-bond acceptors (Lipinski definition) is 4. The van der Waals surface area contributed by atoms with E-state index in [4.69, 9.17) is 9.47 Å². The summed E-state index contributed by atoms with van der Waals surface area (Å²) in [6.07, 6.45) is 2.88. The molecular weight excluding hydrogens is 332 g/mol. The standard InChI is InChI=1S/C20H20N2O4/c23-19(21-15-6-7-15)13-3-1-4-16(11-13)22-20(24)14-5-8-17-18(12-14)26-10-2-9-25-17/h1,3-5,8,11-12,15H,2,6-7,9-10H2,(H,21,23)(H,22,24). The van der Waals surface area contributed by atoms with Gasteiger partial charge in [-0.05, 0) is 49.2 Å². The minimum absolute atomic E-state index is 0.112. The van der Waals surface area contributed by atoms with Crippen molar-refractivity contribution in [3.63, 3.8) is 0 Å². The van der Waals surface area contributed by atoms with Crippen LogP contribution in [0.25, 0.3) is 0 Å². The Labute approximate surface area is 151 Å². The van der Waals surface area contributed by atoms with Crippen LogP contribution in [0, 0.1) is 0 Å². The molecule has 1 aliphatic heterocycles. The van der Waals surface area contributed by atoms with Gasteiger partial charge in [0.05, 0.1) is 13.2 Å². The van der Waals surface area contributed by atoms with E-state index in [1.807, 2.05) is 0 Å². The van der Waals surface area contributed by atoms with Gasteiger partial charge < -0.3 is 20.1 Å². The van der Waals surface area contributed by atoms with Crippen molar-refractivity contribution in [2.75, 3.05) is 18.5 Å².